The van der Waals surface area contributed by atoms with Gasteiger partial charge in [-0.1, -0.05) is 22.0 Å². The molecule has 2 rings (SSSR count). The second-order valence-corrected chi connectivity index (χ2v) is 6.27. The van der Waals surface area contributed by atoms with E-state index in [1.54, 1.807) is 12.1 Å². The van der Waals surface area contributed by atoms with Gasteiger partial charge in [0.05, 0.1) is 11.1 Å². The average molecular weight is 331 g/mol. The van der Waals surface area contributed by atoms with Gasteiger partial charge in [-0.2, -0.15) is 5.10 Å². The summed E-state index contributed by atoms with van der Waals surface area (Å²) in [7, 11) is -3.55. The monoisotopic (exact) mass is 330 g/mol. The molecule has 0 aliphatic carbocycles. The van der Waals surface area contributed by atoms with Gasteiger partial charge in [-0.25, -0.2) is 13.1 Å². The minimum absolute atomic E-state index is 0.0944. The van der Waals surface area contributed by atoms with Crippen LogP contribution in [0.1, 0.15) is 5.56 Å². The molecule has 0 unspecified atom stereocenters. The van der Waals surface area contributed by atoms with E-state index >= 15 is 0 Å². The van der Waals surface area contributed by atoms with Gasteiger partial charge in [0.2, 0.25) is 10.0 Å². The lowest BCUT2D eigenvalue weighted by atomic mass is 10.3. The van der Waals surface area contributed by atoms with Crippen molar-refractivity contribution in [2.24, 2.45) is 0 Å². The summed E-state index contributed by atoms with van der Waals surface area (Å²) in [5.41, 5.74) is 6.18. The summed E-state index contributed by atoms with van der Waals surface area (Å²) in [5.74, 6) is 0.354. The summed E-state index contributed by atoms with van der Waals surface area (Å²) in [6.45, 7) is 0.0944. The van der Waals surface area contributed by atoms with Crippen LogP contribution in [0.4, 0.5) is 5.82 Å². The van der Waals surface area contributed by atoms with E-state index in [1.165, 1.54) is 18.3 Å². The molecule has 4 N–H and O–H groups in total. The number of nitrogens with two attached hydrogens (primary N) is 1. The number of aromatic amines is 1. The van der Waals surface area contributed by atoms with E-state index in [-0.39, 0.29) is 11.4 Å². The Labute approximate surface area is 113 Å². The first kappa shape index (κ1) is 13.1. The maximum Gasteiger partial charge on any atom is 0.240 e. The molecule has 96 valence electrons. The number of nitrogen functional groups attached to an aromatic ring is 1. The highest BCUT2D eigenvalue weighted by atomic mass is 79.9. The van der Waals surface area contributed by atoms with Crippen LogP contribution < -0.4 is 10.5 Å². The maximum absolute atomic E-state index is 12.0. The van der Waals surface area contributed by atoms with Crippen LogP contribution >= 0.6 is 15.9 Å². The smallest absolute Gasteiger partial charge is 0.240 e. The molecule has 0 radical (unpaired) electrons. The van der Waals surface area contributed by atoms with Crippen LogP contribution in [0.5, 0.6) is 0 Å². The zero-order valence-electron chi connectivity index (χ0n) is 9.22. The second-order valence-electron chi connectivity index (χ2n) is 3.59. The number of benzene rings is 1. The number of anilines is 1. The predicted molar refractivity (Wildman–Crippen MR) is 71.2 cm³/mol. The third kappa shape index (κ3) is 2.89. The molecule has 0 bridgehead atoms. The van der Waals surface area contributed by atoms with Crippen molar-refractivity contribution in [3.8, 4) is 0 Å². The molecule has 0 saturated heterocycles. The molecule has 1 heterocycles. The Bertz CT molecular complexity index is 653. The van der Waals surface area contributed by atoms with E-state index in [0.717, 1.165) is 0 Å². The standard InChI is InChI=1S/C10H11BrN4O2S/c11-8-2-1-3-9(4-8)18(16,17)14-6-7-5-13-15-10(7)12/h1-5,14H,6H2,(H3,12,13,15). The molecule has 0 saturated carbocycles. The Balaban J connectivity index is 2.16. The lowest BCUT2D eigenvalue weighted by molar-refractivity contribution is 0.581. The first-order valence-corrected chi connectivity index (χ1v) is 7.29. The number of nitrogens with zero attached hydrogens (tertiary/aromatic N) is 1. The summed E-state index contributed by atoms with van der Waals surface area (Å²) in [4.78, 5) is 0.193. The van der Waals surface area contributed by atoms with E-state index in [4.69, 9.17) is 5.73 Å². The van der Waals surface area contributed by atoms with E-state index in [2.05, 4.69) is 30.8 Å². The molecule has 0 spiro atoms. The molecule has 0 fully saturated rings. The van der Waals surface area contributed by atoms with Gasteiger partial charge in [0.1, 0.15) is 5.82 Å². The number of H-pyrrole nitrogens is 1. The molecule has 0 aliphatic rings. The van der Waals surface area contributed by atoms with Crippen LogP contribution in [0, 0.1) is 0 Å². The predicted octanol–water partition coefficient (Wildman–Crippen LogP) is 1.23. The highest BCUT2D eigenvalue weighted by molar-refractivity contribution is 9.10. The third-order valence-electron chi connectivity index (χ3n) is 2.31. The fourth-order valence-electron chi connectivity index (χ4n) is 1.35. The number of halogens is 1. The van der Waals surface area contributed by atoms with E-state index in [0.29, 0.717) is 15.9 Å². The Kier molecular flexibility index (Phi) is 3.69. The van der Waals surface area contributed by atoms with Crippen molar-refractivity contribution in [3.05, 3.63) is 40.5 Å². The quantitative estimate of drug-likeness (QED) is 0.784. The van der Waals surface area contributed by atoms with Gasteiger partial charge < -0.3 is 5.73 Å². The molecule has 0 amide bonds. The van der Waals surface area contributed by atoms with Crippen molar-refractivity contribution in [2.45, 2.75) is 11.4 Å². The molecule has 8 heteroatoms. The summed E-state index contributed by atoms with van der Waals surface area (Å²) in [6.07, 6.45) is 1.48. The average Bonchev–Trinajstić information content (AvgIpc) is 2.72. The lowest BCUT2D eigenvalue weighted by Crippen LogP contribution is -2.23. The number of hydrogen-bond donors (Lipinski definition) is 3. The van der Waals surface area contributed by atoms with Gasteiger partial charge in [0.15, 0.2) is 0 Å². The second kappa shape index (κ2) is 5.09. The van der Waals surface area contributed by atoms with Crippen molar-refractivity contribution in [1.82, 2.24) is 14.9 Å². The number of sulfonamides is 1. The first-order valence-electron chi connectivity index (χ1n) is 5.02. The molecule has 2 aromatic rings. The molecule has 18 heavy (non-hydrogen) atoms. The fourth-order valence-corrected chi connectivity index (χ4v) is 2.95. The van der Waals surface area contributed by atoms with Gasteiger partial charge in [-0.3, -0.25) is 5.10 Å². The van der Waals surface area contributed by atoms with Gasteiger partial charge in [-0.15, -0.1) is 0 Å². The van der Waals surface area contributed by atoms with Gasteiger partial charge in [0.25, 0.3) is 0 Å². The number of aromatic nitrogens is 2. The molecule has 1 aromatic heterocycles. The van der Waals surface area contributed by atoms with Crippen molar-refractivity contribution >= 4 is 31.8 Å². The van der Waals surface area contributed by atoms with Crippen LogP contribution in [0.3, 0.4) is 0 Å². The number of nitrogens with one attached hydrogen (secondary N) is 2. The highest BCUT2D eigenvalue weighted by Gasteiger charge is 2.14. The lowest BCUT2D eigenvalue weighted by Gasteiger charge is -2.06. The summed E-state index contributed by atoms with van der Waals surface area (Å²) < 4.78 is 27.1. The normalized spacial score (nSPS) is 11.6. The Morgan fingerprint density at radius 3 is 2.83 bits per heavy atom. The van der Waals surface area contributed by atoms with Crippen LogP contribution in [-0.4, -0.2) is 18.6 Å². The maximum atomic E-state index is 12.0. The van der Waals surface area contributed by atoms with Gasteiger partial charge in [-0.05, 0) is 18.2 Å². The SMILES string of the molecule is Nc1[nH]ncc1CNS(=O)(=O)c1cccc(Br)c1. The fraction of sp³-hybridized carbons (Fsp3) is 0.100. The van der Waals surface area contributed by atoms with Crippen molar-refractivity contribution in [1.29, 1.82) is 0 Å². The zero-order chi connectivity index (χ0) is 13.2. The molecule has 0 atom stereocenters. The molecular weight excluding hydrogens is 320 g/mol. The minimum Gasteiger partial charge on any atom is -0.384 e. The largest absolute Gasteiger partial charge is 0.384 e. The highest BCUT2D eigenvalue weighted by Crippen LogP contribution is 2.16. The molecule has 6 nitrogen and oxygen atoms in total. The summed E-state index contributed by atoms with van der Waals surface area (Å²) >= 11 is 3.23. The topological polar surface area (TPSA) is 101 Å². The van der Waals surface area contributed by atoms with Crippen LogP contribution in [0.15, 0.2) is 39.8 Å². The summed E-state index contributed by atoms with van der Waals surface area (Å²) in [5, 5.41) is 6.26. The Morgan fingerprint density at radius 1 is 1.44 bits per heavy atom. The number of hydrogen-bond acceptors (Lipinski definition) is 4. The van der Waals surface area contributed by atoms with Crippen LogP contribution in [0.2, 0.25) is 0 Å². The Morgan fingerprint density at radius 2 is 2.22 bits per heavy atom. The zero-order valence-corrected chi connectivity index (χ0v) is 11.6. The first-order chi connectivity index (χ1) is 8.49. The Hall–Kier alpha value is -1.38. The van der Waals surface area contributed by atoms with Crippen molar-refractivity contribution in [2.75, 3.05) is 5.73 Å². The van der Waals surface area contributed by atoms with E-state index < -0.39 is 10.0 Å². The van der Waals surface area contributed by atoms with Crippen molar-refractivity contribution in [3.63, 3.8) is 0 Å². The molecule has 0 aliphatic heterocycles. The van der Waals surface area contributed by atoms with E-state index in [9.17, 15) is 8.42 Å². The molecular formula is C10H11BrN4O2S. The van der Waals surface area contributed by atoms with Crippen LogP contribution in [-0.2, 0) is 16.6 Å². The minimum atomic E-state index is -3.55. The van der Waals surface area contributed by atoms with Crippen LogP contribution in [0.25, 0.3) is 0 Å². The molecule has 1 aromatic carbocycles. The number of rotatable bonds is 4. The third-order valence-corrected chi connectivity index (χ3v) is 4.20. The van der Waals surface area contributed by atoms with E-state index in [1.807, 2.05) is 0 Å². The van der Waals surface area contributed by atoms with Gasteiger partial charge in [0, 0.05) is 16.6 Å². The summed E-state index contributed by atoms with van der Waals surface area (Å²) in [6, 6.07) is 6.46. The van der Waals surface area contributed by atoms with Gasteiger partial charge >= 0.3 is 0 Å². The van der Waals surface area contributed by atoms with Crippen molar-refractivity contribution < 1.29 is 8.42 Å².